The molecule has 0 amide bonds. The van der Waals surface area contributed by atoms with Gasteiger partial charge in [0.1, 0.15) is 0 Å². The number of carboxylic acids is 1. The molecule has 1 unspecified atom stereocenters. The van der Waals surface area contributed by atoms with Crippen LogP contribution in [0.25, 0.3) is 0 Å². The van der Waals surface area contributed by atoms with Crippen LogP contribution in [-0.4, -0.2) is 41.9 Å². The average Bonchev–Trinajstić information content (AvgIpc) is 2.60. The first-order valence-electron chi connectivity index (χ1n) is 8.76. The molecule has 8 nitrogen and oxygen atoms in total. The topological polar surface area (TPSA) is 105 Å². The number of cyclic esters (lactones) is 2. The van der Waals surface area contributed by atoms with E-state index >= 15 is 0 Å². The SMILES string of the molecule is CC1(C)OC(=O)C(=CNc2ccc(N3CCCC(C(=O)O)C3)cc2)C(=O)O1. The second-order valence-corrected chi connectivity index (χ2v) is 7.05. The summed E-state index contributed by atoms with van der Waals surface area (Å²) in [7, 11) is 0. The van der Waals surface area contributed by atoms with Gasteiger partial charge in [-0.15, -0.1) is 0 Å². The zero-order valence-corrected chi connectivity index (χ0v) is 15.2. The van der Waals surface area contributed by atoms with Crippen LogP contribution in [0.4, 0.5) is 11.4 Å². The van der Waals surface area contributed by atoms with Gasteiger partial charge in [-0.1, -0.05) is 0 Å². The number of nitrogens with one attached hydrogen (secondary N) is 1. The fourth-order valence-electron chi connectivity index (χ4n) is 3.12. The second kappa shape index (κ2) is 7.30. The van der Waals surface area contributed by atoms with Crippen LogP contribution in [0, 0.1) is 5.92 Å². The Bertz CT molecular complexity index is 762. The highest BCUT2D eigenvalue weighted by Crippen LogP contribution is 2.26. The molecule has 1 aromatic carbocycles. The van der Waals surface area contributed by atoms with Crippen LogP contribution in [0.15, 0.2) is 36.0 Å². The standard InChI is InChI=1S/C19H22N2O6/c1-19(2)26-17(24)15(18(25)27-19)10-20-13-5-7-14(8-6-13)21-9-3-4-12(11-21)16(22)23/h5-8,10,12,20H,3-4,9,11H2,1-2H3,(H,22,23). The normalized spacial score (nSPS) is 21.9. The number of carboxylic acid groups (broad SMARTS) is 1. The maximum atomic E-state index is 11.9. The number of esters is 2. The van der Waals surface area contributed by atoms with Gasteiger partial charge in [-0.3, -0.25) is 4.79 Å². The number of hydrogen-bond donors (Lipinski definition) is 2. The summed E-state index contributed by atoms with van der Waals surface area (Å²) in [4.78, 5) is 37.0. The van der Waals surface area contributed by atoms with Crippen LogP contribution in [0.5, 0.6) is 0 Å². The van der Waals surface area contributed by atoms with E-state index in [0.717, 1.165) is 18.7 Å². The van der Waals surface area contributed by atoms with E-state index in [1.54, 1.807) is 12.1 Å². The molecule has 0 aliphatic carbocycles. The maximum absolute atomic E-state index is 11.9. The number of carbonyl (C=O) groups is 3. The summed E-state index contributed by atoms with van der Waals surface area (Å²) in [5.74, 6) is -3.87. The summed E-state index contributed by atoms with van der Waals surface area (Å²) in [6, 6.07) is 7.32. The van der Waals surface area contributed by atoms with Gasteiger partial charge in [0, 0.05) is 44.5 Å². The summed E-state index contributed by atoms with van der Waals surface area (Å²) in [5.41, 5.74) is 1.39. The van der Waals surface area contributed by atoms with Crippen molar-refractivity contribution in [2.24, 2.45) is 5.92 Å². The van der Waals surface area contributed by atoms with E-state index < -0.39 is 23.7 Å². The van der Waals surface area contributed by atoms with Gasteiger partial charge in [-0.05, 0) is 37.1 Å². The van der Waals surface area contributed by atoms with Crippen molar-refractivity contribution in [3.05, 3.63) is 36.0 Å². The minimum absolute atomic E-state index is 0.210. The number of carbonyl (C=O) groups excluding carboxylic acids is 2. The third kappa shape index (κ3) is 4.39. The van der Waals surface area contributed by atoms with Gasteiger partial charge in [-0.2, -0.15) is 0 Å². The number of nitrogens with zero attached hydrogens (tertiary/aromatic N) is 1. The molecule has 2 aliphatic rings. The minimum Gasteiger partial charge on any atom is -0.481 e. The molecule has 2 saturated heterocycles. The summed E-state index contributed by atoms with van der Waals surface area (Å²) in [6.45, 7) is 4.27. The number of aliphatic carboxylic acids is 1. The molecule has 2 heterocycles. The smallest absolute Gasteiger partial charge is 0.350 e. The van der Waals surface area contributed by atoms with Crippen LogP contribution in [0.3, 0.4) is 0 Å². The Hall–Kier alpha value is -3.03. The fraction of sp³-hybridized carbons (Fsp3) is 0.421. The highest BCUT2D eigenvalue weighted by molar-refractivity contribution is 6.15. The largest absolute Gasteiger partial charge is 0.481 e. The van der Waals surface area contributed by atoms with Crippen molar-refractivity contribution in [1.82, 2.24) is 0 Å². The van der Waals surface area contributed by atoms with Gasteiger partial charge >= 0.3 is 17.9 Å². The molecule has 2 fully saturated rings. The number of hydrogen-bond acceptors (Lipinski definition) is 7. The Morgan fingerprint density at radius 1 is 1.22 bits per heavy atom. The zero-order chi connectivity index (χ0) is 19.6. The lowest BCUT2D eigenvalue weighted by molar-refractivity contribution is -0.222. The van der Waals surface area contributed by atoms with E-state index in [9.17, 15) is 19.5 Å². The number of anilines is 2. The van der Waals surface area contributed by atoms with Crippen molar-refractivity contribution < 1.29 is 29.0 Å². The molecule has 0 spiro atoms. The molecule has 1 aromatic rings. The van der Waals surface area contributed by atoms with E-state index in [1.807, 2.05) is 17.0 Å². The summed E-state index contributed by atoms with van der Waals surface area (Å²) in [5, 5.41) is 12.1. The van der Waals surface area contributed by atoms with Crippen LogP contribution in [0.1, 0.15) is 26.7 Å². The predicted molar refractivity (Wildman–Crippen MR) is 97.0 cm³/mol. The van der Waals surface area contributed by atoms with E-state index in [-0.39, 0.29) is 11.5 Å². The van der Waals surface area contributed by atoms with Crippen molar-refractivity contribution in [2.45, 2.75) is 32.5 Å². The third-order valence-corrected chi connectivity index (χ3v) is 4.50. The van der Waals surface area contributed by atoms with Crippen molar-refractivity contribution in [1.29, 1.82) is 0 Å². The first-order chi connectivity index (χ1) is 12.7. The Morgan fingerprint density at radius 2 is 1.85 bits per heavy atom. The van der Waals surface area contributed by atoms with Gasteiger partial charge in [0.25, 0.3) is 5.79 Å². The molecule has 0 aromatic heterocycles. The quantitative estimate of drug-likeness (QED) is 0.469. The van der Waals surface area contributed by atoms with Crippen LogP contribution >= 0.6 is 0 Å². The summed E-state index contributed by atoms with van der Waals surface area (Å²) < 4.78 is 10.1. The van der Waals surface area contributed by atoms with Crippen LogP contribution in [-0.2, 0) is 23.9 Å². The summed E-state index contributed by atoms with van der Waals surface area (Å²) in [6.07, 6.45) is 2.79. The number of ether oxygens (including phenoxy) is 2. The van der Waals surface area contributed by atoms with Crippen LogP contribution in [0.2, 0.25) is 0 Å². The Labute approximate surface area is 156 Å². The maximum Gasteiger partial charge on any atom is 0.350 e. The molecule has 8 heteroatoms. The number of benzene rings is 1. The highest BCUT2D eigenvalue weighted by atomic mass is 16.7. The molecule has 2 N–H and O–H groups in total. The van der Waals surface area contributed by atoms with Gasteiger partial charge in [0.15, 0.2) is 5.57 Å². The first kappa shape index (κ1) is 18.8. The van der Waals surface area contributed by atoms with Gasteiger partial charge in [0.05, 0.1) is 5.92 Å². The molecular formula is C19H22N2O6. The predicted octanol–water partition coefficient (Wildman–Crippen LogP) is 2.12. The second-order valence-electron chi connectivity index (χ2n) is 7.05. The lowest BCUT2D eigenvalue weighted by Gasteiger charge is -2.32. The average molecular weight is 374 g/mol. The zero-order valence-electron chi connectivity index (χ0n) is 15.2. The monoisotopic (exact) mass is 374 g/mol. The van der Waals surface area contributed by atoms with E-state index in [2.05, 4.69) is 5.32 Å². The van der Waals surface area contributed by atoms with E-state index in [4.69, 9.17) is 9.47 Å². The van der Waals surface area contributed by atoms with Crippen molar-refractivity contribution in [3.8, 4) is 0 Å². The first-order valence-corrected chi connectivity index (χ1v) is 8.76. The molecule has 2 aliphatic heterocycles. The van der Waals surface area contributed by atoms with Crippen molar-refractivity contribution in [3.63, 3.8) is 0 Å². The molecule has 0 bridgehead atoms. The van der Waals surface area contributed by atoms with Gasteiger partial charge in [-0.25, -0.2) is 9.59 Å². The molecule has 144 valence electrons. The Kier molecular flexibility index (Phi) is 5.07. The number of rotatable bonds is 4. The molecule has 27 heavy (non-hydrogen) atoms. The van der Waals surface area contributed by atoms with E-state index in [0.29, 0.717) is 18.7 Å². The lowest BCUT2D eigenvalue weighted by atomic mass is 9.98. The third-order valence-electron chi connectivity index (χ3n) is 4.50. The van der Waals surface area contributed by atoms with E-state index in [1.165, 1.54) is 20.0 Å². The number of piperidine rings is 1. The highest BCUT2D eigenvalue weighted by Gasteiger charge is 2.38. The van der Waals surface area contributed by atoms with Gasteiger partial charge in [0.2, 0.25) is 0 Å². The lowest BCUT2D eigenvalue weighted by Crippen LogP contribution is -2.42. The van der Waals surface area contributed by atoms with Crippen LogP contribution < -0.4 is 10.2 Å². The van der Waals surface area contributed by atoms with Crippen molar-refractivity contribution >= 4 is 29.3 Å². The fourth-order valence-corrected chi connectivity index (χ4v) is 3.12. The Morgan fingerprint density at radius 3 is 2.44 bits per heavy atom. The molecule has 3 rings (SSSR count). The summed E-state index contributed by atoms with van der Waals surface area (Å²) >= 11 is 0. The van der Waals surface area contributed by atoms with Gasteiger partial charge < -0.3 is 24.8 Å². The molecule has 1 atom stereocenters. The minimum atomic E-state index is -1.27. The van der Waals surface area contributed by atoms with Crippen molar-refractivity contribution in [2.75, 3.05) is 23.3 Å². The molecule has 0 saturated carbocycles. The Balaban J connectivity index is 1.65. The molecule has 0 radical (unpaired) electrons. The molecular weight excluding hydrogens is 352 g/mol.